The van der Waals surface area contributed by atoms with E-state index in [2.05, 4.69) is 17.0 Å². The summed E-state index contributed by atoms with van der Waals surface area (Å²) in [5, 5.41) is 4.13. The Bertz CT molecular complexity index is 596. The van der Waals surface area contributed by atoms with Gasteiger partial charge in [-0.25, -0.2) is 4.68 Å². The molecule has 0 radical (unpaired) electrons. The molecule has 2 aromatic rings. The molecule has 2 heterocycles. The van der Waals surface area contributed by atoms with E-state index in [0.29, 0.717) is 24.2 Å². The van der Waals surface area contributed by atoms with Crippen LogP contribution < -0.4 is 9.64 Å². The van der Waals surface area contributed by atoms with Crippen LogP contribution in [-0.2, 0) is 11.3 Å². The van der Waals surface area contributed by atoms with Crippen LogP contribution >= 0.6 is 0 Å². The first-order chi connectivity index (χ1) is 9.74. The molecule has 1 unspecified atom stereocenters. The van der Waals surface area contributed by atoms with Gasteiger partial charge in [0.25, 0.3) is 5.91 Å². The zero-order valence-corrected chi connectivity index (χ0v) is 11.3. The number of rotatable bonds is 3. The molecule has 20 heavy (non-hydrogen) atoms. The Morgan fingerprint density at radius 1 is 1.35 bits per heavy atom. The predicted molar refractivity (Wildman–Crippen MR) is 73.5 cm³/mol. The molecule has 1 aliphatic heterocycles. The van der Waals surface area contributed by atoms with Crippen molar-refractivity contribution in [3.05, 3.63) is 36.7 Å². The Morgan fingerprint density at radius 3 is 2.95 bits per heavy atom. The van der Waals surface area contributed by atoms with Crippen LogP contribution in [0, 0.1) is 5.92 Å². The third-order valence-electron chi connectivity index (χ3n) is 3.22. The van der Waals surface area contributed by atoms with Gasteiger partial charge >= 0.3 is 0 Å². The summed E-state index contributed by atoms with van der Waals surface area (Å²) in [6.07, 6.45) is 1.48. The van der Waals surface area contributed by atoms with E-state index in [-0.39, 0.29) is 12.5 Å². The molecule has 1 aliphatic rings. The molecular weight excluding hydrogens is 256 g/mol. The topological polar surface area (TPSA) is 60.3 Å². The molecule has 6 nitrogen and oxygen atoms in total. The van der Waals surface area contributed by atoms with E-state index in [1.807, 2.05) is 30.3 Å². The number of nitrogens with zero attached hydrogens (tertiary/aromatic N) is 4. The van der Waals surface area contributed by atoms with Gasteiger partial charge in [0.15, 0.2) is 6.61 Å². The first-order valence-corrected chi connectivity index (χ1v) is 6.60. The van der Waals surface area contributed by atoms with Crippen molar-refractivity contribution in [3.63, 3.8) is 0 Å². The molecule has 0 fully saturated rings. The Hall–Kier alpha value is -2.37. The number of fused-ring (bicyclic) bond motifs is 1. The van der Waals surface area contributed by atoms with Gasteiger partial charge in [-0.2, -0.15) is 10.1 Å². The highest BCUT2D eigenvalue weighted by molar-refractivity contribution is 5.93. The van der Waals surface area contributed by atoms with Gasteiger partial charge in [-0.1, -0.05) is 25.1 Å². The van der Waals surface area contributed by atoms with Crippen LogP contribution in [0.25, 0.3) is 0 Å². The largest absolute Gasteiger partial charge is 0.484 e. The van der Waals surface area contributed by atoms with Gasteiger partial charge in [0.05, 0.1) is 0 Å². The van der Waals surface area contributed by atoms with Gasteiger partial charge in [0, 0.05) is 13.1 Å². The minimum atomic E-state index is -0.102. The smallest absolute Gasteiger partial charge is 0.267 e. The third-order valence-corrected chi connectivity index (χ3v) is 3.22. The second kappa shape index (κ2) is 5.32. The van der Waals surface area contributed by atoms with Gasteiger partial charge in [0.1, 0.15) is 12.1 Å². The number of carbonyl (C=O) groups is 1. The summed E-state index contributed by atoms with van der Waals surface area (Å²) in [5.41, 5.74) is 0. The van der Waals surface area contributed by atoms with E-state index in [0.717, 1.165) is 6.54 Å². The quantitative estimate of drug-likeness (QED) is 0.846. The molecule has 3 rings (SSSR count). The Morgan fingerprint density at radius 2 is 2.15 bits per heavy atom. The first-order valence-electron chi connectivity index (χ1n) is 6.60. The van der Waals surface area contributed by atoms with Crippen molar-refractivity contribution in [2.45, 2.75) is 13.5 Å². The summed E-state index contributed by atoms with van der Waals surface area (Å²) >= 11 is 0. The number of ether oxygens (including phenoxy) is 1. The number of aromatic nitrogens is 3. The highest BCUT2D eigenvalue weighted by atomic mass is 16.5. The molecule has 1 aromatic heterocycles. The number of benzene rings is 1. The van der Waals surface area contributed by atoms with E-state index >= 15 is 0 Å². The average molecular weight is 272 g/mol. The monoisotopic (exact) mass is 272 g/mol. The summed E-state index contributed by atoms with van der Waals surface area (Å²) in [5.74, 6) is 1.54. The zero-order valence-electron chi connectivity index (χ0n) is 11.3. The van der Waals surface area contributed by atoms with E-state index in [1.54, 1.807) is 9.58 Å². The van der Waals surface area contributed by atoms with Gasteiger partial charge in [-0.15, -0.1) is 0 Å². The molecule has 1 aromatic carbocycles. The fourth-order valence-corrected chi connectivity index (χ4v) is 2.30. The van der Waals surface area contributed by atoms with E-state index < -0.39 is 0 Å². The summed E-state index contributed by atoms with van der Waals surface area (Å²) in [4.78, 5) is 18.1. The number of amides is 1. The van der Waals surface area contributed by atoms with Gasteiger partial charge in [-0.05, 0) is 18.1 Å². The molecule has 0 aliphatic carbocycles. The van der Waals surface area contributed by atoms with Gasteiger partial charge < -0.3 is 4.74 Å². The number of para-hydroxylation sites is 1. The van der Waals surface area contributed by atoms with E-state index in [4.69, 9.17) is 4.74 Å². The Labute approximate surface area is 117 Å². The number of hydrogen-bond donors (Lipinski definition) is 0. The standard InChI is InChI=1S/C14H16N4O2/c1-11-7-17(14-15-10-16-18(14)8-11)13(19)9-20-12-5-3-2-4-6-12/h2-6,10-11H,7-9H2,1H3. The van der Waals surface area contributed by atoms with Crippen LogP contribution in [0.1, 0.15) is 6.92 Å². The molecule has 104 valence electrons. The van der Waals surface area contributed by atoms with Crippen LogP contribution in [0.2, 0.25) is 0 Å². The van der Waals surface area contributed by atoms with E-state index in [9.17, 15) is 4.79 Å². The zero-order chi connectivity index (χ0) is 13.9. The lowest BCUT2D eigenvalue weighted by Gasteiger charge is -2.30. The molecule has 6 heteroatoms. The summed E-state index contributed by atoms with van der Waals surface area (Å²) in [6.45, 7) is 3.53. The van der Waals surface area contributed by atoms with Crippen molar-refractivity contribution in [1.29, 1.82) is 0 Å². The molecular formula is C14H16N4O2. The van der Waals surface area contributed by atoms with Crippen molar-refractivity contribution in [2.75, 3.05) is 18.1 Å². The number of carbonyl (C=O) groups excluding carboxylic acids is 1. The molecule has 0 spiro atoms. The van der Waals surface area contributed by atoms with Crippen LogP contribution in [0.4, 0.5) is 5.95 Å². The van der Waals surface area contributed by atoms with Crippen molar-refractivity contribution >= 4 is 11.9 Å². The molecule has 1 amide bonds. The maximum absolute atomic E-state index is 12.3. The molecule has 0 saturated carbocycles. The summed E-state index contributed by atoms with van der Waals surface area (Å²) < 4.78 is 7.26. The fraction of sp³-hybridized carbons (Fsp3) is 0.357. The van der Waals surface area contributed by atoms with Crippen LogP contribution in [-0.4, -0.2) is 33.8 Å². The first kappa shape index (κ1) is 12.7. The minimum Gasteiger partial charge on any atom is -0.484 e. The van der Waals surface area contributed by atoms with Crippen molar-refractivity contribution in [1.82, 2.24) is 14.8 Å². The Balaban J connectivity index is 1.69. The second-order valence-corrected chi connectivity index (χ2v) is 4.95. The van der Waals surface area contributed by atoms with Crippen LogP contribution in [0.15, 0.2) is 36.7 Å². The molecule has 1 atom stereocenters. The van der Waals surface area contributed by atoms with Crippen molar-refractivity contribution in [3.8, 4) is 5.75 Å². The summed E-state index contributed by atoms with van der Waals surface area (Å²) in [7, 11) is 0. The van der Waals surface area contributed by atoms with Crippen molar-refractivity contribution < 1.29 is 9.53 Å². The second-order valence-electron chi connectivity index (χ2n) is 4.95. The SMILES string of the molecule is CC1CN(C(=O)COc2ccccc2)c2ncnn2C1. The van der Waals surface area contributed by atoms with Crippen LogP contribution in [0.5, 0.6) is 5.75 Å². The minimum absolute atomic E-state index is 0.00356. The lowest BCUT2D eigenvalue weighted by atomic mass is 10.1. The number of hydrogen-bond acceptors (Lipinski definition) is 4. The highest BCUT2D eigenvalue weighted by Gasteiger charge is 2.28. The highest BCUT2D eigenvalue weighted by Crippen LogP contribution is 2.20. The number of anilines is 1. The van der Waals surface area contributed by atoms with E-state index in [1.165, 1.54) is 6.33 Å². The average Bonchev–Trinajstić information content (AvgIpc) is 2.93. The maximum atomic E-state index is 12.3. The van der Waals surface area contributed by atoms with Gasteiger partial charge in [0.2, 0.25) is 5.95 Å². The lowest BCUT2D eigenvalue weighted by Crippen LogP contribution is -2.44. The maximum Gasteiger partial charge on any atom is 0.267 e. The fourth-order valence-electron chi connectivity index (χ4n) is 2.30. The van der Waals surface area contributed by atoms with Gasteiger partial charge in [-0.3, -0.25) is 9.69 Å². The Kier molecular flexibility index (Phi) is 3.37. The normalized spacial score (nSPS) is 17.6. The predicted octanol–water partition coefficient (Wildman–Crippen LogP) is 1.34. The van der Waals surface area contributed by atoms with Crippen LogP contribution in [0.3, 0.4) is 0 Å². The third kappa shape index (κ3) is 2.49. The molecule has 0 N–H and O–H groups in total. The lowest BCUT2D eigenvalue weighted by molar-refractivity contribution is -0.121. The molecule has 0 saturated heterocycles. The molecule has 0 bridgehead atoms. The summed E-state index contributed by atoms with van der Waals surface area (Å²) in [6, 6.07) is 9.31. The van der Waals surface area contributed by atoms with Crippen molar-refractivity contribution in [2.24, 2.45) is 5.92 Å².